The third kappa shape index (κ3) is 9.18. The Morgan fingerprint density at radius 1 is 1.21 bits per heavy atom. The van der Waals surface area contributed by atoms with Gasteiger partial charge in [0.15, 0.2) is 0 Å². The van der Waals surface area contributed by atoms with E-state index in [4.69, 9.17) is 10.2 Å². The van der Waals surface area contributed by atoms with Gasteiger partial charge in [0.05, 0.1) is 0 Å². The van der Waals surface area contributed by atoms with E-state index in [2.05, 4.69) is 10.6 Å². The lowest BCUT2D eigenvalue weighted by Gasteiger charge is -2.17. The summed E-state index contributed by atoms with van der Waals surface area (Å²) in [4.78, 5) is 32.8. The van der Waals surface area contributed by atoms with Crippen molar-refractivity contribution in [3.8, 4) is 0 Å². The number of hydrogen-bond acceptors (Lipinski definition) is 4. The molecule has 0 aliphatic carbocycles. The van der Waals surface area contributed by atoms with Gasteiger partial charge in [0.25, 0.3) is 0 Å². The van der Waals surface area contributed by atoms with Crippen molar-refractivity contribution in [1.82, 2.24) is 10.6 Å². The Labute approximate surface area is 116 Å². The zero-order valence-corrected chi connectivity index (χ0v) is 11.8. The van der Waals surface area contributed by atoms with E-state index in [0.717, 1.165) is 11.5 Å². The lowest BCUT2D eigenvalue weighted by molar-refractivity contribution is -0.140. The van der Waals surface area contributed by atoms with Crippen molar-refractivity contribution >= 4 is 29.7 Å². The molecule has 4 N–H and O–H groups in total. The fraction of sp³-hybridized carbons (Fsp3) is 0.727. The SMILES string of the molecule is CCSCC(C)NC(=O)NC(CCC(=O)O)C(=O)O. The summed E-state index contributed by atoms with van der Waals surface area (Å²) in [7, 11) is 0. The van der Waals surface area contributed by atoms with Gasteiger partial charge in [-0.25, -0.2) is 9.59 Å². The van der Waals surface area contributed by atoms with Gasteiger partial charge < -0.3 is 20.8 Å². The summed E-state index contributed by atoms with van der Waals surface area (Å²) in [5.74, 6) is -0.672. The van der Waals surface area contributed by atoms with Gasteiger partial charge in [-0.1, -0.05) is 6.92 Å². The van der Waals surface area contributed by atoms with Gasteiger partial charge in [-0.2, -0.15) is 11.8 Å². The number of carbonyl (C=O) groups excluding carboxylic acids is 1. The molecular weight excluding hydrogens is 272 g/mol. The van der Waals surface area contributed by atoms with E-state index in [1.54, 1.807) is 11.8 Å². The number of thioether (sulfide) groups is 1. The summed E-state index contributed by atoms with van der Waals surface area (Å²) in [5, 5.41) is 22.2. The number of aliphatic carboxylic acids is 2. The molecule has 2 atom stereocenters. The van der Waals surface area contributed by atoms with Gasteiger partial charge in [0.2, 0.25) is 0 Å². The third-order valence-electron chi connectivity index (χ3n) is 2.20. The average Bonchev–Trinajstić information content (AvgIpc) is 2.31. The van der Waals surface area contributed by atoms with E-state index in [1.807, 2.05) is 13.8 Å². The fourth-order valence-electron chi connectivity index (χ4n) is 1.29. The minimum Gasteiger partial charge on any atom is -0.481 e. The van der Waals surface area contributed by atoms with Crippen molar-refractivity contribution in [3.63, 3.8) is 0 Å². The van der Waals surface area contributed by atoms with Crippen molar-refractivity contribution in [2.45, 2.75) is 38.8 Å². The van der Waals surface area contributed by atoms with Crippen LogP contribution in [0.4, 0.5) is 4.79 Å². The summed E-state index contributed by atoms with van der Waals surface area (Å²) in [5.41, 5.74) is 0. The van der Waals surface area contributed by atoms with Crippen LogP contribution >= 0.6 is 11.8 Å². The van der Waals surface area contributed by atoms with Crippen LogP contribution in [0.2, 0.25) is 0 Å². The predicted molar refractivity (Wildman–Crippen MR) is 72.4 cm³/mol. The topological polar surface area (TPSA) is 116 Å². The van der Waals surface area contributed by atoms with Gasteiger partial charge >= 0.3 is 18.0 Å². The number of rotatable bonds is 9. The van der Waals surface area contributed by atoms with Crippen molar-refractivity contribution < 1.29 is 24.6 Å². The van der Waals surface area contributed by atoms with Crippen LogP contribution in [0, 0.1) is 0 Å². The number of carbonyl (C=O) groups is 3. The lowest BCUT2D eigenvalue weighted by atomic mass is 10.1. The summed E-state index contributed by atoms with van der Waals surface area (Å²) >= 11 is 1.66. The monoisotopic (exact) mass is 292 g/mol. The smallest absolute Gasteiger partial charge is 0.326 e. The largest absolute Gasteiger partial charge is 0.481 e. The second kappa shape index (κ2) is 9.48. The number of amides is 2. The van der Waals surface area contributed by atoms with Crippen LogP contribution in [-0.4, -0.2) is 51.8 Å². The van der Waals surface area contributed by atoms with Crippen LogP contribution in [-0.2, 0) is 9.59 Å². The first-order valence-corrected chi connectivity index (χ1v) is 7.11. The van der Waals surface area contributed by atoms with E-state index >= 15 is 0 Å². The zero-order chi connectivity index (χ0) is 14.8. The molecule has 0 aliphatic heterocycles. The van der Waals surface area contributed by atoms with Crippen molar-refractivity contribution in [1.29, 1.82) is 0 Å². The number of carboxylic acid groups (broad SMARTS) is 2. The number of urea groups is 1. The average molecular weight is 292 g/mol. The Bertz CT molecular complexity index is 324. The van der Waals surface area contributed by atoms with Crippen molar-refractivity contribution in [2.75, 3.05) is 11.5 Å². The normalized spacial score (nSPS) is 13.4. The number of carboxylic acids is 2. The van der Waals surface area contributed by atoms with Crippen LogP contribution in [0.5, 0.6) is 0 Å². The molecule has 0 aliphatic rings. The maximum atomic E-state index is 11.5. The number of hydrogen-bond donors (Lipinski definition) is 4. The molecule has 0 heterocycles. The molecule has 2 amide bonds. The fourth-order valence-corrected chi connectivity index (χ4v) is 1.96. The lowest BCUT2D eigenvalue weighted by Crippen LogP contribution is -2.49. The molecule has 0 saturated carbocycles. The maximum Gasteiger partial charge on any atom is 0.326 e. The zero-order valence-electron chi connectivity index (χ0n) is 11.0. The first kappa shape index (κ1) is 17.6. The van der Waals surface area contributed by atoms with Gasteiger partial charge in [-0.3, -0.25) is 4.79 Å². The molecule has 110 valence electrons. The Balaban J connectivity index is 4.16. The predicted octanol–water partition coefficient (Wildman–Crippen LogP) is 0.745. The molecule has 0 fully saturated rings. The van der Waals surface area contributed by atoms with Crippen LogP contribution < -0.4 is 10.6 Å². The Morgan fingerprint density at radius 3 is 2.32 bits per heavy atom. The van der Waals surface area contributed by atoms with E-state index < -0.39 is 24.0 Å². The van der Waals surface area contributed by atoms with Gasteiger partial charge in [0, 0.05) is 18.2 Å². The maximum absolute atomic E-state index is 11.5. The van der Waals surface area contributed by atoms with Gasteiger partial charge in [0.1, 0.15) is 6.04 Å². The summed E-state index contributed by atoms with van der Waals surface area (Å²) in [6, 6.07) is -1.87. The molecule has 2 unspecified atom stereocenters. The molecule has 7 nitrogen and oxygen atoms in total. The molecule has 0 spiro atoms. The van der Waals surface area contributed by atoms with Crippen molar-refractivity contribution in [2.24, 2.45) is 0 Å². The van der Waals surface area contributed by atoms with Crippen molar-refractivity contribution in [3.05, 3.63) is 0 Å². The molecule has 0 rings (SSSR count). The first-order chi connectivity index (χ1) is 8.86. The Hall–Kier alpha value is -1.44. The van der Waals surface area contributed by atoms with Crippen LogP contribution in [0.25, 0.3) is 0 Å². The highest BCUT2D eigenvalue weighted by molar-refractivity contribution is 7.99. The van der Waals surface area contributed by atoms with Crippen LogP contribution in [0.3, 0.4) is 0 Å². The Kier molecular flexibility index (Phi) is 8.77. The molecule has 0 aromatic rings. The molecule has 8 heteroatoms. The summed E-state index contributed by atoms with van der Waals surface area (Å²) in [6.07, 6.45) is -0.450. The quantitative estimate of drug-likeness (QED) is 0.498. The molecule has 0 radical (unpaired) electrons. The molecule has 0 saturated heterocycles. The van der Waals surface area contributed by atoms with E-state index in [9.17, 15) is 14.4 Å². The highest BCUT2D eigenvalue weighted by atomic mass is 32.2. The van der Waals surface area contributed by atoms with Crippen LogP contribution in [0.15, 0.2) is 0 Å². The minimum absolute atomic E-state index is 0.0844. The van der Waals surface area contributed by atoms with Gasteiger partial charge in [-0.15, -0.1) is 0 Å². The minimum atomic E-state index is -1.24. The van der Waals surface area contributed by atoms with E-state index in [-0.39, 0.29) is 18.9 Å². The highest BCUT2D eigenvalue weighted by Gasteiger charge is 2.21. The molecular formula is C11H20N2O5S. The highest BCUT2D eigenvalue weighted by Crippen LogP contribution is 2.02. The Morgan fingerprint density at radius 2 is 1.84 bits per heavy atom. The summed E-state index contributed by atoms with van der Waals surface area (Å²) < 4.78 is 0. The molecule has 0 aromatic heterocycles. The standard InChI is InChI=1S/C11H20N2O5S/c1-3-19-6-7(2)12-11(18)13-8(10(16)17)4-5-9(14)15/h7-8H,3-6H2,1-2H3,(H,14,15)(H,16,17)(H2,12,13,18). The van der Waals surface area contributed by atoms with E-state index in [1.165, 1.54) is 0 Å². The number of nitrogens with one attached hydrogen (secondary N) is 2. The van der Waals surface area contributed by atoms with Gasteiger partial charge in [-0.05, 0) is 19.1 Å². The summed E-state index contributed by atoms with van der Waals surface area (Å²) in [6.45, 7) is 3.82. The second-order valence-electron chi connectivity index (χ2n) is 4.00. The van der Waals surface area contributed by atoms with E-state index in [0.29, 0.717) is 0 Å². The first-order valence-electron chi connectivity index (χ1n) is 5.96. The van der Waals surface area contributed by atoms with Crippen LogP contribution in [0.1, 0.15) is 26.7 Å². The molecule has 19 heavy (non-hydrogen) atoms. The molecule has 0 bridgehead atoms. The second-order valence-corrected chi connectivity index (χ2v) is 5.32. The molecule has 0 aromatic carbocycles. The third-order valence-corrected chi connectivity index (χ3v) is 3.34.